The molecular weight excluding hydrogens is 462 g/mol. The monoisotopic (exact) mass is 495 g/mol. The van der Waals surface area contributed by atoms with Gasteiger partial charge in [-0.25, -0.2) is 4.79 Å². The molecule has 6 heteroatoms. The van der Waals surface area contributed by atoms with Gasteiger partial charge in [-0.2, -0.15) is 0 Å². The highest BCUT2D eigenvalue weighted by atomic mass is 16.3. The highest BCUT2D eigenvalue weighted by molar-refractivity contribution is 5.89. The number of rotatable bonds is 4. The Kier molecular flexibility index (Phi) is 7.86. The molecule has 2 aliphatic heterocycles. The summed E-state index contributed by atoms with van der Waals surface area (Å²) >= 11 is 0. The number of nitrogens with zero attached hydrogens (tertiary/aromatic N) is 2. The van der Waals surface area contributed by atoms with E-state index in [4.69, 9.17) is 0 Å². The van der Waals surface area contributed by atoms with Gasteiger partial charge >= 0.3 is 6.03 Å². The zero-order valence-electron chi connectivity index (χ0n) is 20.9. The van der Waals surface area contributed by atoms with Crippen LogP contribution in [0, 0.1) is 11.8 Å². The third-order valence-corrected chi connectivity index (χ3v) is 7.44. The molecule has 2 fully saturated rings. The number of fused-ring (bicyclic) bond motifs is 1. The van der Waals surface area contributed by atoms with Gasteiger partial charge in [0.15, 0.2) is 0 Å². The number of anilines is 1. The Bertz CT molecular complexity index is 1270. The van der Waals surface area contributed by atoms with Gasteiger partial charge in [-0.15, -0.1) is 0 Å². The molecule has 0 spiro atoms. The van der Waals surface area contributed by atoms with Gasteiger partial charge in [-0.05, 0) is 66.9 Å². The van der Waals surface area contributed by atoms with Gasteiger partial charge in [0.05, 0.1) is 13.2 Å². The van der Waals surface area contributed by atoms with Crippen molar-refractivity contribution in [3.8, 4) is 11.8 Å². The van der Waals surface area contributed by atoms with Gasteiger partial charge in [0.25, 0.3) is 0 Å². The molecule has 0 saturated carbocycles. The molecular formula is C31H33N3O3. The van der Waals surface area contributed by atoms with Crippen LogP contribution in [0.1, 0.15) is 41.0 Å². The molecule has 2 heterocycles. The molecule has 2 aliphatic rings. The van der Waals surface area contributed by atoms with E-state index in [1.807, 2.05) is 65.6 Å². The first-order valence-electron chi connectivity index (χ1n) is 13.0. The molecule has 37 heavy (non-hydrogen) atoms. The summed E-state index contributed by atoms with van der Waals surface area (Å²) < 4.78 is 0. The lowest BCUT2D eigenvalue weighted by Crippen LogP contribution is -2.68. The van der Waals surface area contributed by atoms with Gasteiger partial charge in [0.2, 0.25) is 0 Å². The lowest BCUT2D eigenvalue weighted by Gasteiger charge is -2.57. The maximum atomic E-state index is 13.2. The average molecular weight is 496 g/mol. The topological polar surface area (TPSA) is 76.0 Å². The highest BCUT2D eigenvalue weighted by Crippen LogP contribution is 2.42. The molecule has 2 saturated heterocycles. The smallest absolute Gasteiger partial charge is 0.321 e. The normalized spacial score (nSPS) is 21.5. The van der Waals surface area contributed by atoms with Crippen molar-refractivity contribution in [3.05, 3.63) is 101 Å². The minimum atomic E-state index is -0.130. The van der Waals surface area contributed by atoms with Crippen molar-refractivity contribution < 1.29 is 15.0 Å². The minimum Gasteiger partial charge on any atom is -0.395 e. The second-order valence-corrected chi connectivity index (χ2v) is 9.76. The van der Waals surface area contributed by atoms with Gasteiger partial charge in [-0.3, -0.25) is 4.90 Å². The number of aliphatic hydroxyl groups is 2. The largest absolute Gasteiger partial charge is 0.395 e. The van der Waals surface area contributed by atoms with E-state index in [1.54, 1.807) is 6.07 Å². The first kappa shape index (κ1) is 25.0. The van der Waals surface area contributed by atoms with Crippen molar-refractivity contribution >= 4 is 11.7 Å². The molecule has 0 unspecified atom stereocenters. The van der Waals surface area contributed by atoms with E-state index in [2.05, 4.69) is 34.2 Å². The minimum absolute atomic E-state index is 0.0514. The molecule has 0 aromatic heterocycles. The van der Waals surface area contributed by atoms with Crippen LogP contribution in [0.4, 0.5) is 10.5 Å². The van der Waals surface area contributed by atoms with Crippen LogP contribution in [0.15, 0.2) is 78.9 Å². The average Bonchev–Trinajstić information content (AvgIpc) is 2.92. The van der Waals surface area contributed by atoms with Crippen LogP contribution in [0.5, 0.6) is 0 Å². The molecule has 190 valence electrons. The molecule has 0 radical (unpaired) electrons. The summed E-state index contributed by atoms with van der Waals surface area (Å²) in [6.45, 7) is 2.26. The number of hydrogen-bond donors (Lipinski definition) is 3. The Morgan fingerprint density at radius 2 is 1.62 bits per heavy atom. The lowest BCUT2D eigenvalue weighted by molar-refractivity contribution is -0.0585. The van der Waals surface area contributed by atoms with Crippen LogP contribution in [0.3, 0.4) is 0 Å². The summed E-state index contributed by atoms with van der Waals surface area (Å²) in [6, 6.07) is 25.6. The fraction of sp³-hybridized carbons (Fsp3) is 0.323. The van der Waals surface area contributed by atoms with E-state index < -0.39 is 0 Å². The van der Waals surface area contributed by atoms with E-state index >= 15 is 0 Å². The van der Waals surface area contributed by atoms with E-state index in [0.29, 0.717) is 18.8 Å². The zero-order chi connectivity index (χ0) is 25.6. The SMILES string of the molecule is O=C(Nc1cccc(CO)c1)N1CCCCN2[C@H](CO)[C@H](c3ccc(C#Cc4ccccc4)cc3)[C@@H]2C1. The molecule has 3 N–H and O–H groups in total. The number of hydrogen-bond acceptors (Lipinski definition) is 4. The van der Waals surface area contributed by atoms with E-state index in [9.17, 15) is 15.0 Å². The second kappa shape index (κ2) is 11.6. The summed E-state index contributed by atoms with van der Waals surface area (Å²) in [5, 5.41) is 22.6. The van der Waals surface area contributed by atoms with Crippen LogP contribution in [0.2, 0.25) is 0 Å². The first-order chi connectivity index (χ1) is 18.2. The summed E-state index contributed by atoms with van der Waals surface area (Å²) in [5.41, 5.74) is 4.55. The van der Waals surface area contributed by atoms with E-state index in [1.165, 1.54) is 5.56 Å². The van der Waals surface area contributed by atoms with Crippen molar-refractivity contribution in [3.63, 3.8) is 0 Å². The van der Waals surface area contributed by atoms with Gasteiger partial charge in [-0.1, -0.05) is 54.3 Å². The number of nitrogens with one attached hydrogen (secondary N) is 1. The van der Waals surface area contributed by atoms with Crippen LogP contribution in [-0.4, -0.2) is 64.4 Å². The predicted octanol–water partition coefficient (Wildman–Crippen LogP) is 4.04. The maximum absolute atomic E-state index is 13.2. The van der Waals surface area contributed by atoms with Crippen molar-refractivity contribution in [2.45, 2.75) is 37.5 Å². The van der Waals surface area contributed by atoms with Crippen LogP contribution >= 0.6 is 0 Å². The molecule has 0 aliphatic carbocycles. The maximum Gasteiger partial charge on any atom is 0.321 e. The van der Waals surface area contributed by atoms with Crippen molar-refractivity contribution in [2.24, 2.45) is 0 Å². The molecule has 2 amide bonds. The Morgan fingerprint density at radius 3 is 2.35 bits per heavy atom. The van der Waals surface area contributed by atoms with Crippen molar-refractivity contribution in [1.29, 1.82) is 0 Å². The van der Waals surface area contributed by atoms with Crippen molar-refractivity contribution in [1.82, 2.24) is 9.80 Å². The number of carbonyl (C=O) groups excluding carboxylic acids is 1. The predicted molar refractivity (Wildman–Crippen MR) is 145 cm³/mol. The Hall–Kier alpha value is -3.63. The van der Waals surface area contributed by atoms with E-state index in [0.717, 1.165) is 36.1 Å². The lowest BCUT2D eigenvalue weighted by atomic mass is 9.74. The second-order valence-electron chi connectivity index (χ2n) is 9.76. The summed E-state index contributed by atoms with van der Waals surface area (Å²) in [7, 11) is 0. The van der Waals surface area contributed by atoms with Gasteiger partial charge < -0.3 is 20.4 Å². The number of carbonyl (C=O) groups is 1. The standard InChI is InChI=1S/C31H33N3O3/c35-21-25-9-6-10-27(19-25)32-31(37)33-17-4-5-18-34-28(20-33)30(29(34)22-36)26-15-13-24(14-16-26)12-11-23-7-2-1-3-8-23/h1-3,6-10,13-16,19,28-30,35-36H,4-5,17-18,20-22H2,(H,32,37)/t28-,29+,30+/m0/s1. The van der Waals surface area contributed by atoms with Gasteiger partial charge in [0, 0.05) is 47.9 Å². The zero-order valence-corrected chi connectivity index (χ0v) is 20.9. The molecule has 0 bridgehead atoms. The number of aliphatic hydroxyl groups excluding tert-OH is 2. The van der Waals surface area contributed by atoms with E-state index in [-0.39, 0.29) is 37.2 Å². The molecule has 5 rings (SSSR count). The van der Waals surface area contributed by atoms with Crippen LogP contribution in [0.25, 0.3) is 0 Å². The Morgan fingerprint density at radius 1 is 0.892 bits per heavy atom. The molecule has 3 atom stereocenters. The Balaban J connectivity index is 1.31. The third kappa shape index (κ3) is 5.70. The summed E-state index contributed by atoms with van der Waals surface area (Å²) in [4.78, 5) is 17.5. The molecule has 3 aromatic carbocycles. The highest BCUT2D eigenvalue weighted by Gasteiger charge is 2.49. The quantitative estimate of drug-likeness (QED) is 0.478. The van der Waals surface area contributed by atoms with Crippen LogP contribution < -0.4 is 5.32 Å². The van der Waals surface area contributed by atoms with Gasteiger partial charge in [0.1, 0.15) is 0 Å². The van der Waals surface area contributed by atoms with Crippen LogP contribution in [-0.2, 0) is 6.61 Å². The summed E-state index contributed by atoms with van der Waals surface area (Å²) in [6.07, 6.45) is 1.91. The number of urea groups is 1. The first-order valence-corrected chi connectivity index (χ1v) is 13.0. The Labute approximate surface area is 218 Å². The fourth-order valence-corrected chi connectivity index (χ4v) is 5.53. The summed E-state index contributed by atoms with van der Waals surface area (Å²) in [5.74, 6) is 6.58. The molecule has 3 aromatic rings. The van der Waals surface area contributed by atoms with Crippen molar-refractivity contribution in [2.75, 3.05) is 31.6 Å². The number of amides is 2. The third-order valence-electron chi connectivity index (χ3n) is 7.44. The fourth-order valence-electron chi connectivity index (χ4n) is 5.53. The number of benzene rings is 3. The molecule has 6 nitrogen and oxygen atoms in total.